The molecule has 0 spiro atoms. The summed E-state index contributed by atoms with van der Waals surface area (Å²) in [4.78, 5) is 0. The van der Waals surface area contributed by atoms with Crippen molar-refractivity contribution in [3.63, 3.8) is 0 Å². The van der Waals surface area contributed by atoms with Crippen molar-refractivity contribution in [3.05, 3.63) is 57.5 Å². The SMILES string of the molecule is Brc1ccc(NNc2ccc(Br)cc2)cc1. The normalized spacial score (nSPS) is 9.88. The molecule has 16 heavy (non-hydrogen) atoms. The van der Waals surface area contributed by atoms with Crippen LogP contribution in [0.25, 0.3) is 0 Å². The monoisotopic (exact) mass is 340 g/mol. The fourth-order valence-electron chi connectivity index (χ4n) is 1.21. The fraction of sp³-hybridized carbons (Fsp3) is 0. The van der Waals surface area contributed by atoms with Gasteiger partial charge in [0, 0.05) is 8.95 Å². The summed E-state index contributed by atoms with van der Waals surface area (Å²) >= 11 is 6.79. The summed E-state index contributed by atoms with van der Waals surface area (Å²) in [7, 11) is 0. The molecule has 0 aromatic heterocycles. The van der Waals surface area contributed by atoms with Gasteiger partial charge >= 0.3 is 0 Å². The van der Waals surface area contributed by atoms with Crippen LogP contribution in [0.5, 0.6) is 0 Å². The number of halogens is 2. The van der Waals surface area contributed by atoms with Crippen LogP contribution in [0, 0.1) is 0 Å². The predicted octanol–water partition coefficient (Wildman–Crippen LogP) is 4.65. The van der Waals surface area contributed by atoms with E-state index in [4.69, 9.17) is 0 Å². The van der Waals surface area contributed by atoms with Crippen molar-refractivity contribution in [2.75, 3.05) is 10.9 Å². The summed E-state index contributed by atoms with van der Waals surface area (Å²) in [6.07, 6.45) is 0. The van der Waals surface area contributed by atoms with Gasteiger partial charge in [-0.3, -0.25) is 0 Å². The molecule has 0 fully saturated rings. The van der Waals surface area contributed by atoms with Crippen molar-refractivity contribution in [2.24, 2.45) is 0 Å². The van der Waals surface area contributed by atoms with Crippen LogP contribution < -0.4 is 10.9 Å². The fourth-order valence-corrected chi connectivity index (χ4v) is 1.74. The van der Waals surface area contributed by atoms with Gasteiger partial charge in [-0.1, -0.05) is 31.9 Å². The molecule has 0 amide bonds. The maximum Gasteiger partial charge on any atom is 0.0540 e. The van der Waals surface area contributed by atoms with Gasteiger partial charge in [-0.15, -0.1) is 0 Å². The summed E-state index contributed by atoms with van der Waals surface area (Å²) in [5.41, 5.74) is 8.28. The summed E-state index contributed by atoms with van der Waals surface area (Å²) in [6.45, 7) is 0. The van der Waals surface area contributed by atoms with E-state index in [9.17, 15) is 0 Å². The third kappa shape index (κ3) is 3.25. The molecule has 2 N–H and O–H groups in total. The lowest BCUT2D eigenvalue weighted by Gasteiger charge is -2.09. The molecule has 0 aliphatic carbocycles. The van der Waals surface area contributed by atoms with Crippen molar-refractivity contribution < 1.29 is 0 Å². The van der Waals surface area contributed by atoms with E-state index in [1.807, 2.05) is 48.5 Å². The van der Waals surface area contributed by atoms with Crippen molar-refractivity contribution in [1.82, 2.24) is 0 Å². The molecule has 2 rings (SSSR count). The number of benzene rings is 2. The number of hydrogen-bond donors (Lipinski definition) is 2. The Hall–Kier alpha value is -1.00. The maximum absolute atomic E-state index is 3.40. The average Bonchev–Trinajstić information content (AvgIpc) is 2.30. The molecule has 82 valence electrons. The lowest BCUT2D eigenvalue weighted by molar-refractivity contribution is 1.41. The summed E-state index contributed by atoms with van der Waals surface area (Å²) in [6, 6.07) is 16.0. The Labute approximate surface area is 111 Å². The minimum atomic E-state index is 1.02. The smallest absolute Gasteiger partial charge is 0.0540 e. The van der Waals surface area contributed by atoms with Crippen LogP contribution in [0.15, 0.2) is 57.5 Å². The Morgan fingerprint density at radius 1 is 0.562 bits per heavy atom. The predicted molar refractivity (Wildman–Crippen MR) is 75.5 cm³/mol. The molecule has 0 saturated heterocycles. The van der Waals surface area contributed by atoms with Gasteiger partial charge in [-0.2, -0.15) is 0 Å². The highest BCUT2D eigenvalue weighted by Crippen LogP contribution is 2.16. The lowest BCUT2D eigenvalue weighted by atomic mass is 10.3. The third-order valence-corrected chi connectivity index (χ3v) is 3.10. The Morgan fingerprint density at radius 2 is 0.875 bits per heavy atom. The standard InChI is InChI=1S/C12H10Br2N2/c13-9-1-5-11(6-2-9)15-16-12-7-3-10(14)4-8-12/h1-8,15-16H. The zero-order chi connectivity index (χ0) is 11.4. The highest BCUT2D eigenvalue weighted by atomic mass is 79.9. The van der Waals surface area contributed by atoms with Crippen molar-refractivity contribution in [2.45, 2.75) is 0 Å². The van der Waals surface area contributed by atoms with Crippen LogP contribution in [0.3, 0.4) is 0 Å². The van der Waals surface area contributed by atoms with Crippen LogP contribution in [0.2, 0.25) is 0 Å². The third-order valence-electron chi connectivity index (χ3n) is 2.04. The van der Waals surface area contributed by atoms with E-state index in [2.05, 4.69) is 42.7 Å². The quantitative estimate of drug-likeness (QED) is 0.794. The van der Waals surface area contributed by atoms with Crippen LogP contribution in [-0.2, 0) is 0 Å². The van der Waals surface area contributed by atoms with Crippen molar-refractivity contribution in [1.29, 1.82) is 0 Å². The molecule has 2 aromatic rings. The molecule has 2 nitrogen and oxygen atoms in total. The minimum absolute atomic E-state index is 1.02. The Bertz CT molecular complexity index is 406. The molecule has 0 bridgehead atoms. The highest BCUT2D eigenvalue weighted by Gasteiger charge is 1.93. The maximum atomic E-state index is 3.40. The average molecular weight is 342 g/mol. The summed E-state index contributed by atoms with van der Waals surface area (Å²) in [5, 5.41) is 0. The second-order valence-corrected chi connectivity index (χ2v) is 5.10. The Kier molecular flexibility index (Phi) is 3.85. The molecule has 4 heteroatoms. The molecule has 2 aromatic carbocycles. The number of nitrogens with one attached hydrogen (secondary N) is 2. The van der Waals surface area contributed by atoms with Gasteiger partial charge in [0.2, 0.25) is 0 Å². The zero-order valence-corrected chi connectivity index (χ0v) is 11.5. The largest absolute Gasteiger partial charge is 0.301 e. The van der Waals surface area contributed by atoms with Crippen LogP contribution >= 0.6 is 31.9 Å². The molecule has 0 aliphatic heterocycles. The first-order valence-electron chi connectivity index (χ1n) is 4.77. The first kappa shape index (κ1) is 11.5. The highest BCUT2D eigenvalue weighted by molar-refractivity contribution is 9.10. The van der Waals surface area contributed by atoms with Gasteiger partial charge in [0.1, 0.15) is 0 Å². The molecule has 0 saturated carbocycles. The second kappa shape index (κ2) is 5.37. The van der Waals surface area contributed by atoms with Crippen molar-refractivity contribution >= 4 is 43.2 Å². The number of hydrazine groups is 1. The van der Waals surface area contributed by atoms with Crippen LogP contribution in [0.4, 0.5) is 11.4 Å². The Morgan fingerprint density at radius 3 is 1.19 bits per heavy atom. The van der Waals surface area contributed by atoms with Gasteiger partial charge in [0.25, 0.3) is 0 Å². The molecule has 0 aliphatic rings. The Balaban J connectivity index is 1.97. The number of rotatable bonds is 3. The second-order valence-electron chi connectivity index (χ2n) is 3.26. The summed E-state index contributed by atoms with van der Waals surface area (Å²) in [5.74, 6) is 0. The number of anilines is 2. The molecule has 0 radical (unpaired) electrons. The van der Waals surface area contributed by atoms with Crippen LogP contribution in [0.1, 0.15) is 0 Å². The summed E-state index contributed by atoms with van der Waals surface area (Å²) < 4.78 is 2.14. The minimum Gasteiger partial charge on any atom is -0.301 e. The van der Waals surface area contributed by atoms with Gasteiger partial charge in [-0.25, -0.2) is 0 Å². The lowest BCUT2D eigenvalue weighted by Crippen LogP contribution is -2.07. The van der Waals surface area contributed by atoms with E-state index in [-0.39, 0.29) is 0 Å². The topological polar surface area (TPSA) is 24.1 Å². The van der Waals surface area contributed by atoms with Gasteiger partial charge < -0.3 is 10.9 Å². The van der Waals surface area contributed by atoms with E-state index in [0.717, 1.165) is 20.3 Å². The van der Waals surface area contributed by atoms with Gasteiger partial charge in [-0.05, 0) is 48.5 Å². The molecular weight excluding hydrogens is 332 g/mol. The van der Waals surface area contributed by atoms with Crippen LogP contribution in [-0.4, -0.2) is 0 Å². The van der Waals surface area contributed by atoms with E-state index < -0.39 is 0 Å². The van der Waals surface area contributed by atoms with E-state index in [1.54, 1.807) is 0 Å². The van der Waals surface area contributed by atoms with Gasteiger partial charge in [0.15, 0.2) is 0 Å². The molecule has 0 unspecified atom stereocenters. The first-order valence-corrected chi connectivity index (χ1v) is 6.36. The number of hydrogen-bond acceptors (Lipinski definition) is 2. The first-order chi connectivity index (χ1) is 7.74. The zero-order valence-electron chi connectivity index (χ0n) is 8.37. The molecular formula is C12H10Br2N2. The molecule has 0 atom stereocenters. The van der Waals surface area contributed by atoms with E-state index >= 15 is 0 Å². The van der Waals surface area contributed by atoms with E-state index in [1.165, 1.54) is 0 Å². The van der Waals surface area contributed by atoms with E-state index in [0.29, 0.717) is 0 Å². The van der Waals surface area contributed by atoms with Crippen molar-refractivity contribution in [3.8, 4) is 0 Å². The molecule has 0 heterocycles. The van der Waals surface area contributed by atoms with Gasteiger partial charge in [0.05, 0.1) is 11.4 Å².